The van der Waals surface area contributed by atoms with Crippen molar-refractivity contribution in [2.45, 2.75) is 13.0 Å². The number of hydrogen-bond donors (Lipinski definition) is 2. The van der Waals surface area contributed by atoms with E-state index in [0.717, 1.165) is 12.1 Å². The SMILES string of the molecule is O=C(Nc1cccc(OCc2ccccn2)c1)[C@@H]1[C@H](C(=O)O)[C@H]2C=C[C@H]1C2. The van der Waals surface area contributed by atoms with Crippen LogP contribution in [0, 0.1) is 23.7 Å². The van der Waals surface area contributed by atoms with Gasteiger partial charge in [-0.15, -0.1) is 0 Å². The smallest absolute Gasteiger partial charge is 0.307 e. The molecule has 1 aromatic heterocycles. The highest BCUT2D eigenvalue weighted by molar-refractivity contribution is 5.96. The minimum atomic E-state index is -0.903. The lowest BCUT2D eigenvalue weighted by molar-refractivity contribution is -0.146. The van der Waals surface area contributed by atoms with Crippen LogP contribution in [0.1, 0.15) is 12.1 Å². The fraction of sp³-hybridized carbons (Fsp3) is 0.286. The number of carboxylic acid groups (broad SMARTS) is 1. The number of allylic oxidation sites excluding steroid dienone is 2. The van der Waals surface area contributed by atoms with E-state index in [0.29, 0.717) is 18.0 Å². The molecule has 2 aliphatic carbocycles. The van der Waals surface area contributed by atoms with Crippen LogP contribution in [-0.2, 0) is 16.2 Å². The first-order valence-corrected chi connectivity index (χ1v) is 8.96. The molecule has 2 aliphatic rings. The number of aromatic nitrogens is 1. The summed E-state index contributed by atoms with van der Waals surface area (Å²) in [4.78, 5) is 28.6. The maximum Gasteiger partial charge on any atom is 0.307 e. The largest absolute Gasteiger partial charge is 0.487 e. The molecular weight excluding hydrogens is 344 g/mol. The van der Waals surface area contributed by atoms with Gasteiger partial charge in [0.05, 0.1) is 17.5 Å². The number of aliphatic carboxylic acids is 1. The number of benzene rings is 1. The molecule has 6 heteroatoms. The topological polar surface area (TPSA) is 88.5 Å². The Labute approximate surface area is 156 Å². The van der Waals surface area contributed by atoms with Crippen molar-refractivity contribution in [3.05, 3.63) is 66.5 Å². The van der Waals surface area contributed by atoms with Gasteiger partial charge in [-0.1, -0.05) is 24.3 Å². The molecule has 27 heavy (non-hydrogen) atoms. The minimum Gasteiger partial charge on any atom is -0.487 e. The molecule has 1 heterocycles. The maximum atomic E-state index is 12.8. The fourth-order valence-corrected chi connectivity index (χ4v) is 4.05. The molecule has 0 radical (unpaired) electrons. The van der Waals surface area contributed by atoms with Crippen molar-refractivity contribution in [2.75, 3.05) is 5.32 Å². The van der Waals surface area contributed by atoms with E-state index in [9.17, 15) is 14.7 Å². The van der Waals surface area contributed by atoms with E-state index in [1.165, 1.54) is 0 Å². The van der Waals surface area contributed by atoms with Crippen LogP contribution < -0.4 is 10.1 Å². The molecule has 138 valence electrons. The van der Waals surface area contributed by atoms with Crippen molar-refractivity contribution in [2.24, 2.45) is 23.7 Å². The lowest BCUT2D eigenvalue weighted by Gasteiger charge is -2.24. The molecular formula is C21H20N2O4. The van der Waals surface area contributed by atoms with E-state index in [4.69, 9.17) is 4.74 Å². The van der Waals surface area contributed by atoms with Crippen LogP contribution in [0.25, 0.3) is 0 Å². The minimum absolute atomic E-state index is 0.000289. The average molecular weight is 364 g/mol. The van der Waals surface area contributed by atoms with Gasteiger partial charge in [-0.25, -0.2) is 0 Å². The summed E-state index contributed by atoms with van der Waals surface area (Å²) in [7, 11) is 0. The number of carboxylic acids is 1. The number of fused-ring (bicyclic) bond motifs is 2. The van der Waals surface area contributed by atoms with Crippen LogP contribution in [0.5, 0.6) is 5.75 Å². The summed E-state index contributed by atoms with van der Waals surface area (Å²) in [5, 5.41) is 12.4. The predicted molar refractivity (Wildman–Crippen MR) is 99.0 cm³/mol. The number of nitrogens with zero attached hydrogens (tertiary/aromatic N) is 1. The summed E-state index contributed by atoms with van der Waals surface area (Å²) < 4.78 is 5.73. The zero-order chi connectivity index (χ0) is 18.8. The molecule has 0 spiro atoms. The van der Waals surface area contributed by atoms with Gasteiger partial charge in [0.15, 0.2) is 0 Å². The summed E-state index contributed by atoms with van der Waals surface area (Å²) in [6, 6.07) is 12.7. The Bertz CT molecular complexity index is 881. The summed E-state index contributed by atoms with van der Waals surface area (Å²) in [5.41, 5.74) is 1.40. The standard InChI is InChI=1S/C21H20N2O4/c24-20(18-13-7-8-14(10-13)19(18)21(25)26)23-15-5-3-6-17(11-15)27-12-16-4-1-2-9-22-16/h1-9,11,13-14,18-19H,10,12H2,(H,23,24)(H,25,26)/t13-,14-,18-,19+/m0/s1. The quantitative estimate of drug-likeness (QED) is 0.769. The second-order valence-corrected chi connectivity index (χ2v) is 6.96. The normalized spacial score (nSPS) is 25.3. The number of ether oxygens (including phenoxy) is 1. The van der Waals surface area contributed by atoms with Crippen molar-refractivity contribution >= 4 is 17.6 Å². The third kappa shape index (κ3) is 3.56. The predicted octanol–water partition coefficient (Wildman–Crippen LogP) is 3.12. The summed E-state index contributed by atoms with van der Waals surface area (Å²) in [6.07, 6.45) is 6.35. The number of nitrogens with one attached hydrogen (secondary N) is 1. The van der Waals surface area contributed by atoms with E-state index in [1.54, 1.807) is 30.5 Å². The van der Waals surface area contributed by atoms with Crippen molar-refractivity contribution < 1.29 is 19.4 Å². The van der Waals surface area contributed by atoms with Crippen molar-refractivity contribution in [1.29, 1.82) is 0 Å². The molecule has 6 nitrogen and oxygen atoms in total. The van der Waals surface area contributed by atoms with Crippen LogP contribution in [-0.4, -0.2) is 22.0 Å². The number of amides is 1. The first-order chi connectivity index (χ1) is 13.1. The zero-order valence-corrected chi connectivity index (χ0v) is 14.6. The van der Waals surface area contributed by atoms with E-state index in [1.807, 2.05) is 30.4 Å². The highest BCUT2D eigenvalue weighted by Gasteiger charge is 2.51. The molecule has 2 bridgehead atoms. The van der Waals surface area contributed by atoms with Gasteiger partial charge in [0.2, 0.25) is 5.91 Å². The van der Waals surface area contributed by atoms with Gasteiger partial charge in [-0.3, -0.25) is 14.6 Å². The maximum absolute atomic E-state index is 12.8. The first kappa shape index (κ1) is 17.3. The van der Waals surface area contributed by atoms with E-state index < -0.39 is 17.8 Å². The monoisotopic (exact) mass is 364 g/mol. The Morgan fingerprint density at radius 2 is 1.93 bits per heavy atom. The Kier molecular flexibility index (Phi) is 4.62. The third-order valence-electron chi connectivity index (χ3n) is 5.26. The Hall–Kier alpha value is -3.15. The van der Waals surface area contributed by atoms with Crippen molar-refractivity contribution in [3.8, 4) is 5.75 Å². The lowest BCUT2D eigenvalue weighted by atomic mass is 9.82. The molecule has 2 aromatic rings. The van der Waals surface area contributed by atoms with Gasteiger partial charge in [0.1, 0.15) is 12.4 Å². The number of hydrogen-bond acceptors (Lipinski definition) is 4. The van der Waals surface area contributed by atoms with Crippen LogP contribution in [0.15, 0.2) is 60.8 Å². The van der Waals surface area contributed by atoms with Crippen LogP contribution in [0.4, 0.5) is 5.69 Å². The molecule has 1 aromatic carbocycles. The highest BCUT2D eigenvalue weighted by atomic mass is 16.5. The Balaban J connectivity index is 1.43. The van der Waals surface area contributed by atoms with Crippen LogP contribution in [0.2, 0.25) is 0 Å². The van der Waals surface area contributed by atoms with E-state index >= 15 is 0 Å². The molecule has 0 aliphatic heterocycles. The van der Waals surface area contributed by atoms with Gasteiger partial charge < -0.3 is 15.2 Å². The van der Waals surface area contributed by atoms with Gasteiger partial charge >= 0.3 is 5.97 Å². The van der Waals surface area contributed by atoms with Crippen molar-refractivity contribution in [3.63, 3.8) is 0 Å². The van der Waals surface area contributed by atoms with Gasteiger partial charge in [0.25, 0.3) is 0 Å². The molecule has 1 saturated carbocycles. The van der Waals surface area contributed by atoms with Gasteiger partial charge in [0, 0.05) is 18.0 Å². The summed E-state index contributed by atoms with van der Waals surface area (Å²) in [5.74, 6) is -1.77. The van der Waals surface area contributed by atoms with Crippen LogP contribution in [0.3, 0.4) is 0 Å². The zero-order valence-electron chi connectivity index (χ0n) is 14.6. The second kappa shape index (κ2) is 7.23. The van der Waals surface area contributed by atoms with E-state index in [2.05, 4.69) is 10.3 Å². The molecule has 1 amide bonds. The summed E-state index contributed by atoms with van der Waals surface area (Å²) >= 11 is 0. The Morgan fingerprint density at radius 1 is 1.11 bits per heavy atom. The molecule has 4 atom stereocenters. The molecule has 1 fully saturated rings. The number of anilines is 1. The molecule has 0 saturated heterocycles. The first-order valence-electron chi connectivity index (χ1n) is 8.96. The van der Waals surface area contributed by atoms with Gasteiger partial charge in [-0.05, 0) is 42.5 Å². The molecule has 2 N–H and O–H groups in total. The Morgan fingerprint density at radius 3 is 2.67 bits per heavy atom. The number of carbonyl (C=O) groups is 2. The number of carbonyl (C=O) groups excluding carboxylic acids is 1. The average Bonchev–Trinajstić information content (AvgIpc) is 3.29. The van der Waals surface area contributed by atoms with Crippen LogP contribution >= 0.6 is 0 Å². The van der Waals surface area contributed by atoms with Crippen molar-refractivity contribution in [1.82, 2.24) is 4.98 Å². The fourth-order valence-electron chi connectivity index (χ4n) is 4.05. The van der Waals surface area contributed by atoms with Gasteiger partial charge in [-0.2, -0.15) is 0 Å². The lowest BCUT2D eigenvalue weighted by Crippen LogP contribution is -2.36. The molecule has 0 unspecified atom stereocenters. The second-order valence-electron chi connectivity index (χ2n) is 6.96. The van der Waals surface area contributed by atoms with E-state index in [-0.39, 0.29) is 17.7 Å². The highest BCUT2D eigenvalue weighted by Crippen LogP contribution is 2.48. The third-order valence-corrected chi connectivity index (χ3v) is 5.26. The number of pyridine rings is 1. The molecule has 4 rings (SSSR count). The summed E-state index contributed by atoms with van der Waals surface area (Å²) in [6.45, 7) is 0.330. The number of rotatable bonds is 6.